The van der Waals surface area contributed by atoms with Crippen LogP contribution in [0.1, 0.15) is 24.2 Å². The summed E-state index contributed by atoms with van der Waals surface area (Å²) >= 11 is 0. The molecule has 0 radical (unpaired) electrons. The lowest BCUT2D eigenvalue weighted by atomic mass is 10.1. The zero-order valence-electron chi connectivity index (χ0n) is 18.7. The summed E-state index contributed by atoms with van der Waals surface area (Å²) in [5, 5.41) is 21.2. The van der Waals surface area contributed by atoms with Crippen LogP contribution >= 0.6 is 0 Å². The van der Waals surface area contributed by atoms with Crippen LogP contribution in [0.5, 0.6) is 0 Å². The lowest BCUT2D eigenvalue weighted by Crippen LogP contribution is -2.35. The van der Waals surface area contributed by atoms with E-state index in [2.05, 4.69) is 31.0 Å². The molecule has 0 fully saturated rings. The van der Waals surface area contributed by atoms with Crippen LogP contribution in [0.4, 0.5) is 0 Å². The summed E-state index contributed by atoms with van der Waals surface area (Å²) in [4.78, 5) is 47.6. The number of nitrogens with one attached hydrogen (secondary N) is 2. The molecule has 0 aliphatic carbocycles. The third-order valence-corrected chi connectivity index (χ3v) is 4.76. The molecule has 1 aliphatic rings. The molecule has 1 aromatic heterocycles. The molecule has 2 heterocycles. The summed E-state index contributed by atoms with van der Waals surface area (Å²) in [6.07, 6.45) is 2.92. The minimum atomic E-state index is -0.409. The molecule has 3 rings (SSSR count). The van der Waals surface area contributed by atoms with Crippen molar-refractivity contribution in [1.82, 2.24) is 35.9 Å². The normalized spacial score (nSPS) is 12.8. The van der Waals surface area contributed by atoms with Gasteiger partial charge in [0.15, 0.2) is 5.82 Å². The molecule has 178 valence electrons. The largest absolute Gasteiger partial charge is 0.372 e. The van der Waals surface area contributed by atoms with E-state index >= 15 is 0 Å². The Morgan fingerprint density at radius 2 is 1.62 bits per heavy atom. The molecule has 1 aromatic carbocycles. The number of amides is 4. The molecule has 0 bridgehead atoms. The number of benzene rings is 1. The standard InChI is InChI=1S/C22H25N7O5/c1-15-25-27-22(28-26-15)17-5-3-16(4-6-17)13-24-19(31)14-34-12-2-10-23-18(30)9-11-29-20(32)7-8-21(29)33/h3-8H,2,9-14H2,1H3,(H,23,30)(H,24,31). The van der Waals surface area contributed by atoms with Crippen LogP contribution in [0.25, 0.3) is 11.4 Å². The summed E-state index contributed by atoms with van der Waals surface area (Å²) in [5.74, 6) is -0.408. The third kappa shape index (κ3) is 7.52. The van der Waals surface area contributed by atoms with Crippen LogP contribution in [0.3, 0.4) is 0 Å². The average molecular weight is 467 g/mol. The first-order valence-corrected chi connectivity index (χ1v) is 10.7. The van der Waals surface area contributed by atoms with E-state index in [4.69, 9.17) is 4.74 Å². The van der Waals surface area contributed by atoms with Gasteiger partial charge in [-0.2, -0.15) is 0 Å². The van der Waals surface area contributed by atoms with E-state index < -0.39 is 11.8 Å². The molecular formula is C22H25N7O5. The molecule has 34 heavy (non-hydrogen) atoms. The number of ether oxygens (including phenoxy) is 1. The van der Waals surface area contributed by atoms with E-state index in [1.54, 1.807) is 6.92 Å². The Bertz CT molecular complexity index is 1040. The van der Waals surface area contributed by atoms with Crippen molar-refractivity contribution < 1.29 is 23.9 Å². The quantitative estimate of drug-likeness (QED) is 0.316. The fourth-order valence-electron chi connectivity index (χ4n) is 2.94. The molecule has 0 unspecified atom stereocenters. The molecular weight excluding hydrogens is 442 g/mol. The van der Waals surface area contributed by atoms with Gasteiger partial charge in [-0.3, -0.25) is 24.1 Å². The maximum Gasteiger partial charge on any atom is 0.253 e. The summed E-state index contributed by atoms with van der Waals surface area (Å²) < 4.78 is 5.32. The predicted molar refractivity (Wildman–Crippen MR) is 119 cm³/mol. The molecule has 0 saturated carbocycles. The van der Waals surface area contributed by atoms with E-state index in [-0.39, 0.29) is 31.4 Å². The highest BCUT2D eigenvalue weighted by molar-refractivity contribution is 6.13. The SMILES string of the molecule is Cc1nnc(-c2ccc(CNC(=O)COCCCNC(=O)CCN3C(=O)C=CC3=O)cc2)nn1. The number of rotatable bonds is 12. The van der Waals surface area contributed by atoms with Gasteiger partial charge in [-0.15, -0.1) is 20.4 Å². The Morgan fingerprint density at radius 3 is 2.29 bits per heavy atom. The van der Waals surface area contributed by atoms with Gasteiger partial charge in [0.05, 0.1) is 0 Å². The van der Waals surface area contributed by atoms with E-state index in [1.165, 1.54) is 12.2 Å². The van der Waals surface area contributed by atoms with E-state index in [1.807, 2.05) is 24.3 Å². The zero-order chi connectivity index (χ0) is 24.3. The molecule has 0 spiro atoms. The minimum Gasteiger partial charge on any atom is -0.372 e. The Labute approximate surface area is 195 Å². The van der Waals surface area contributed by atoms with Gasteiger partial charge in [0.2, 0.25) is 17.6 Å². The van der Waals surface area contributed by atoms with E-state index in [0.29, 0.717) is 37.8 Å². The fourth-order valence-corrected chi connectivity index (χ4v) is 2.94. The molecule has 0 saturated heterocycles. The van der Waals surface area contributed by atoms with Crippen molar-refractivity contribution in [3.63, 3.8) is 0 Å². The smallest absolute Gasteiger partial charge is 0.253 e. The van der Waals surface area contributed by atoms with Crippen molar-refractivity contribution in [2.75, 3.05) is 26.3 Å². The number of carbonyl (C=O) groups is 4. The Morgan fingerprint density at radius 1 is 0.941 bits per heavy atom. The van der Waals surface area contributed by atoms with Gasteiger partial charge in [-0.25, -0.2) is 0 Å². The first-order valence-electron chi connectivity index (χ1n) is 10.7. The number of hydrogen-bond acceptors (Lipinski definition) is 9. The van der Waals surface area contributed by atoms with Gasteiger partial charge in [-0.1, -0.05) is 24.3 Å². The van der Waals surface area contributed by atoms with E-state index in [0.717, 1.165) is 16.0 Å². The number of hydrogen-bond donors (Lipinski definition) is 2. The van der Waals surface area contributed by atoms with Crippen molar-refractivity contribution in [2.24, 2.45) is 0 Å². The van der Waals surface area contributed by atoms with Gasteiger partial charge in [0.25, 0.3) is 11.8 Å². The molecule has 2 N–H and O–H groups in total. The molecule has 12 heteroatoms. The summed E-state index contributed by atoms with van der Waals surface area (Å²) in [6, 6.07) is 7.37. The summed E-state index contributed by atoms with van der Waals surface area (Å²) in [7, 11) is 0. The highest BCUT2D eigenvalue weighted by Crippen LogP contribution is 2.13. The van der Waals surface area contributed by atoms with Crippen LogP contribution in [-0.4, -0.2) is 75.2 Å². The minimum absolute atomic E-state index is 0.0369. The van der Waals surface area contributed by atoms with Crippen molar-refractivity contribution in [1.29, 1.82) is 0 Å². The molecule has 4 amide bonds. The topological polar surface area (TPSA) is 156 Å². The first kappa shape index (κ1) is 24.6. The van der Waals surface area contributed by atoms with Gasteiger partial charge in [-0.05, 0) is 18.9 Å². The predicted octanol–water partition coefficient (Wildman–Crippen LogP) is -0.304. The maximum absolute atomic E-state index is 11.9. The number of aromatic nitrogens is 4. The average Bonchev–Trinajstić information content (AvgIpc) is 3.16. The van der Waals surface area contributed by atoms with Crippen LogP contribution in [0, 0.1) is 6.92 Å². The first-order chi connectivity index (χ1) is 16.4. The van der Waals surface area contributed by atoms with Gasteiger partial charge in [0, 0.05) is 50.4 Å². The van der Waals surface area contributed by atoms with Crippen molar-refractivity contribution in [3.8, 4) is 11.4 Å². The van der Waals surface area contributed by atoms with Crippen LogP contribution in [-0.2, 0) is 30.5 Å². The Kier molecular flexibility index (Phi) is 8.86. The fraction of sp³-hybridized carbons (Fsp3) is 0.364. The number of aryl methyl sites for hydroxylation is 1. The van der Waals surface area contributed by atoms with Crippen LogP contribution in [0.15, 0.2) is 36.4 Å². The van der Waals surface area contributed by atoms with Gasteiger partial charge in [0.1, 0.15) is 6.61 Å². The van der Waals surface area contributed by atoms with Gasteiger partial charge >= 0.3 is 0 Å². The summed E-state index contributed by atoms with van der Waals surface area (Å²) in [5.41, 5.74) is 1.68. The molecule has 12 nitrogen and oxygen atoms in total. The maximum atomic E-state index is 11.9. The number of nitrogens with zero attached hydrogens (tertiary/aromatic N) is 5. The van der Waals surface area contributed by atoms with Crippen molar-refractivity contribution in [2.45, 2.75) is 26.3 Å². The zero-order valence-corrected chi connectivity index (χ0v) is 18.7. The second kappa shape index (κ2) is 12.3. The summed E-state index contributed by atoms with van der Waals surface area (Å²) in [6.45, 7) is 2.68. The highest BCUT2D eigenvalue weighted by Gasteiger charge is 2.23. The molecule has 1 aliphatic heterocycles. The number of imide groups is 1. The molecule has 2 aromatic rings. The number of carbonyl (C=O) groups excluding carboxylic acids is 4. The van der Waals surface area contributed by atoms with Crippen LogP contribution in [0.2, 0.25) is 0 Å². The van der Waals surface area contributed by atoms with Crippen molar-refractivity contribution >= 4 is 23.6 Å². The lowest BCUT2D eigenvalue weighted by molar-refractivity contribution is -0.137. The second-order valence-electron chi connectivity index (χ2n) is 7.41. The van der Waals surface area contributed by atoms with Gasteiger partial charge < -0.3 is 15.4 Å². The Balaban J connectivity index is 1.23. The van der Waals surface area contributed by atoms with Crippen LogP contribution < -0.4 is 10.6 Å². The molecule has 0 atom stereocenters. The van der Waals surface area contributed by atoms with Crippen molar-refractivity contribution in [3.05, 3.63) is 47.8 Å². The van der Waals surface area contributed by atoms with E-state index in [9.17, 15) is 19.2 Å². The monoisotopic (exact) mass is 467 g/mol. The second-order valence-corrected chi connectivity index (χ2v) is 7.41. The Hall–Kier alpha value is -4.06. The lowest BCUT2D eigenvalue weighted by Gasteiger charge is -2.13. The highest BCUT2D eigenvalue weighted by atomic mass is 16.5. The third-order valence-electron chi connectivity index (χ3n) is 4.76.